The average Bonchev–Trinajstić information content (AvgIpc) is 3.24. The molecule has 0 unspecified atom stereocenters. The van der Waals surface area contributed by atoms with E-state index in [0.717, 1.165) is 43.1 Å². The predicted octanol–water partition coefficient (Wildman–Crippen LogP) is 3.80. The maximum absolute atomic E-state index is 13.2. The highest BCUT2D eigenvalue weighted by atomic mass is 16.2. The number of piperazine rings is 1. The number of amides is 1. The van der Waals surface area contributed by atoms with E-state index in [0.29, 0.717) is 11.7 Å². The van der Waals surface area contributed by atoms with Crippen molar-refractivity contribution < 1.29 is 4.79 Å². The summed E-state index contributed by atoms with van der Waals surface area (Å²) in [5.41, 5.74) is 4.25. The minimum Gasteiger partial charge on any atom is -0.335 e. The van der Waals surface area contributed by atoms with E-state index in [2.05, 4.69) is 41.1 Å². The number of benzene rings is 1. The van der Waals surface area contributed by atoms with Gasteiger partial charge in [-0.1, -0.05) is 49.1 Å². The second-order valence-electron chi connectivity index (χ2n) is 8.62. The van der Waals surface area contributed by atoms with Gasteiger partial charge in [-0.15, -0.1) is 0 Å². The van der Waals surface area contributed by atoms with E-state index in [9.17, 15) is 4.79 Å². The molecule has 2 aliphatic rings. The molecule has 1 aliphatic heterocycles. The number of rotatable bonds is 3. The molecule has 1 aromatic carbocycles. The second kappa shape index (κ2) is 8.19. The van der Waals surface area contributed by atoms with E-state index in [1.54, 1.807) is 6.20 Å². The van der Waals surface area contributed by atoms with Gasteiger partial charge in [-0.3, -0.25) is 14.7 Å². The SMILES string of the molecule is Cc1ccc(-c2nccn3cc(C(=O)N4CCN(C5CCCCC5)CC4)nc23)cc1. The average molecular weight is 404 g/mol. The number of nitrogens with zero attached hydrogens (tertiary/aromatic N) is 5. The minimum atomic E-state index is 0.0249. The van der Waals surface area contributed by atoms with Gasteiger partial charge >= 0.3 is 0 Å². The van der Waals surface area contributed by atoms with E-state index < -0.39 is 0 Å². The molecule has 0 radical (unpaired) electrons. The molecule has 30 heavy (non-hydrogen) atoms. The first-order valence-electron chi connectivity index (χ1n) is 11.1. The Morgan fingerprint density at radius 2 is 1.73 bits per heavy atom. The molecule has 0 atom stereocenters. The number of aromatic nitrogens is 3. The fraction of sp³-hybridized carbons (Fsp3) is 0.458. The molecule has 2 aromatic heterocycles. The fourth-order valence-corrected chi connectivity index (χ4v) is 4.84. The summed E-state index contributed by atoms with van der Waals surface area (Å²) in [6.45, 7) is 5.58. The van der Waals surface area contributed by atoms with Crippen molar-refractivity contribution in [3.05, 3.63) is 54.1 Å². The van der Waals surface area contributed by atoms with E-state index >= 15 is 0 Å². The van der Waals surface area contributed by atoms with Gasteiger partial charge in [0.25, 0.3) is 5.91 Å². The third kappa shape index (κ3) is 3.72. The number of fused-ring (bicyclic) bond motifs is 1. The predicted molar refractivity (Wildman–Crippen MR) is 118 cm³/mol. The number of imidazole rings is 1. The standard InChI is InChI=1S/C24H29N5O/c1-18-7-9-19(10-8-18)22-23-26-21(17-29(23)12-11-25-22)24(30)28-15-13-27(14-16-28)20-5-3-2-4-6-20/h7-12,17,20H,2-6,13-16H2,1H3. The van der Waals surface area contributed by atoms with Crippen LogP contribution in [-0.4, -0.2) is 62.3 Å². The lowest BCUT2D eigenvalue weighted by Crippen LogP contribution is -2.52. The Hall–Kier alpha value is -2.73. The third-order valence-corrected chi connectivity index (χ3v) is 6.61. The van der Waals surface area contributed by atoms with E-state index in [-0.39, 0.29) is 5.91 Å². The number of hydrogen-bond donors (Lipinski definition) is 0. The molecule has 6 nitrogen and oxygen atoms in total. The fourth-order valence-electron chi connectivity index (χ4n) is 4.84. The molecule has 0 bridgehead atoms. The second-order valence-corrected chi connectivity index (χ2v) is 8.62. The van der Waals surface area contributed by atoms with Crippen LogP contribution in [0.5, 0.6) is 0 Å². The van der Waals surface area contributed by atoms with Gasteiger partial charge in [0.2, 0.25) is 0 Å². The highest BCUT2D eigenvalue weighted by molar-refractivity contribution is 5.93. The van der Waals surface area contributed by atoms with Crippen LogP contribution in [0.15, 0.2) is 42.9 Å². The van der Waals surface area contributed by atoms with E-state index in [4.69, 9.17) is 4.98 Å². The molecule has 1 saturated heterocycles. The summed E-state index contributed by atoms with van der Waals surface area (Å²) in [5, 5.41) is 0. The summed E-state index contributed by atoms with van der Waals surface area (Å²) in [4.78, 5) is 26.9. The monoisotopic (exact) mass is 403 g/mol. The molecule has 2 fully saturated rings. The molecule has 1 saturated carbocycles. The van der Waals surface area contributed by atoms with Crippen LogP contribution in [0.4, 0.5) is 0 Å². The Kier molecular flexibility index (Phi) is 5.25. The van der Waals surface area contributed by atoms with Crippen molar-refractivity contribution in [3.63, 3.8) is 0 Å². The molecule has 3 heterocycles. The van der Waals surface area contributed by atoms with Gasteiger partial charge in [0, 0.05) is 56.4 Å². The quantitative estimate of drug-likeness (QED) is 0.668. The summed E-state index contributed by atoms with van der Waals surface area (Å²) >= 11 is 0. The van der Waals surface area contributed by atoms with Gasteiger partial charge in [0.1, 0.15) is 11.4 Å². The number of carbonyl (C=O) groups excluding carboxylic acids is 1. The van der Waals surface area contributed by atoms with Crippen molar-refractivity contribution in [2.45, 2.75) is 45.1 Å². The first-order valence-corrected chi connectivity index (χ1v) is 11.1. The van der Waals surface area contributed by atoms with Crippen LogP contribution in [0.2, 0.25) is 0 Å². The topological polar surface area (TPSA) is 53.7 Å². The van der Waals surface area contributed by atoms with Crippen molar-refractivity contribution in [3.8, 4) is 11.3 Å². The van der Waals surface area contributed by atoms with Gasteiger partial charge in [-0.05, 0) is 19.8 Å². The first kappa shape index (κ1) is 19.2. The van der Waals surface area contributed by atoms with E-state index in [1.807, 2.05) is 21.7 Å². The van der Waals surface area contributed by atoms with Gasteiger partial charge in [-0.25, -0.2) is 4.98 Å². The van der Waals surface area contributed by atoms with Gasteiger partial charge < -0.3 is 9.30 Å². The van der Waals surface area contributed by atoms with Crippen molar-refractivity contribution in [1.82, 2.24) is 24.2 Å². The largest absolute Gasteiger partial charge is 0.335 e. The minimum absolute atomic E-state index is 0.0249. The van der Waals surface area contributed by atoms with Crippen molar-refractivity contribution in [1.29, 1.82) is 0 Å². The summed E-state index contributed by atoms with van der Waals surface area (Å²) in [6, 6.07) is 8.97. The van der Waals surface area contributed by atoms with Gasteiger partial charge in [0.05, 0.1) is 0 Å². The van der Waals surface area contributed by atoms with Crippen molar-refractivity contribution in [2.75, 3.05) is 26.2 Å². The zero-order chi connectivity index (χ0) is 20.5. The van der Waals surface area contributed by atoms with Gasteiger partial charge in [0.15, 0.2) is 5.65 Å². The summed E-state index contributed by atoms with van der Waals surface area (Å²) in [7, 11) is 0. The maximum atomic E-state index is 13.2. The molecule has 6 heteroatoms. The van der Waals surface area contributed by atoms with Crippen LogP contribution in [-0.2, 0) is 0 Å². The van der Waals surface area contributed by atoms with Crippen LogP contribution < -0.4 is 0 Å². The highest BCUT2D eigenvalue weighted by Gasteiger charge is 2.28. The van der Waals surface area contributed by atoms with Crippen molar-refractivity contribution >= 4 is 11.6 Å². The molecular weight excluding hydrogens is 374 g/mol. The van der Waals surface area contributed by atoms with Crippen LogP contribution in [0, 0.1) is 6.92 Å². The number of carbonyl (C=O) groups is 1. The maximum Gasteiger partial charge on any atom is 0.274 e. The molecule has 5 rings (SSSR count). The Bertz CT molecular complexity index is 1030. The zero-order valence-electron chi connectivity index (χ0n) is 17.6. The van der Waals surface area contributed by atoms with Crippen LogP contribution in [0.3, 0.4) is 0 Å². The highest BCUT2D eigenvalue weighted by Crippen LogP contribution is 2.25. The molecule has 1 aliphatic carbocycles. The van der Waals surface area contributed by atoms with Crippen molar-refractivity contribution in [2.24, 2.45) is 0 Å². The number of hydrogen-bond acceptors (Lipinski definition) is 4. The lowest BCUT2D eigenvalue weighted by Gasteiger charge is -2.40. The molecular formula is C24H29N5O. The third-order valence-electron chi connectivity index (χ3n) is 6.61. The molecule has 0 spiro atoms. The van der Waals surface area contributed by atoms with E-state index in [1.165, 1.54) is 37.7 Å². The Morgan fingerprint density at radius 1 is 1.00 bits per heavy atom. The molecule has 3 aromatic rings. The first-order chi connectivity index (χ1) is 14.7. The van der Waals surface area contributed by atoms with Crippen LogP contribution >= 0.6 is 0 Å². The smallest absolute Gasteiger partial charge is 0.274 e. The Morgan fingerprint density at radius 3 is 2.47 bits per heavy atom. The Labute approximate surface area is 177 Å². The Balaban J connectivity index is 1.33. The molecule has 0 N–H and O–H groups in total. The normalized spacial score (nSPS) is 18.8. The summed E-state index contributed by atoms with van der Waals surface area (Å²) in [5.74, 6) is 0.0249. The lowest BCUT2D eigenvalue weighted by molar-refractivity contribution is 0.0519. The van der Waals surface area contributed by atoms with Crippen LogP contribution in [0.25, 0.3) is 16.9 Å². The summed E-state index contributed by atoms with van der Waals surface area (Å²) < 4.78 is 1.91. The molecule has 1 amide bonds. The van der Waals surface area contributed by atoms with Gasteiger partial charge in [-0.2, -0.15) is 0 Å². The summed E-state index contributed by atoms with van der Waals surface area (Å²) in [6.07, 6.45) is 12.2. The zero-order valence-corrected chi connectivity index (χ0v) is 17.6. The number of aryl methyl sites for hydroxylation is 1. The van der Waals surface area contributed by atoms with Crippen LogP contribution in [0.1, 0.15) is 48.2 Å². The molecule has 156 valence electrons. The lowest BCUT2D eigenvalue weighted by atomic mass is 9.94.